The Bertz CT molecular complexity index is 160. The SMILES string of the molecule is OCCCC1C2CCCC12Cl. The predicted octanol–water partition coefficient (Wildman–Crippen LogP) is 2.17. The van der Waals surface area contributed by atoms with Crippen LogP contribution in [0.15, 0.2) is 0 Å². The fraction of sp³-hybridized carbons (Fsp3) is 1.00. The van der Waals surface area contributed by atoms with Crippen LogP contribution in [0.4, 0.5) is 0 Å². The molecule has 2 saturated carbocycles. The Labute approximate surface area is 72.7 Å². The standard InChI is InChI=1S/C9H15ClO/c10-9-5-1-3-7(9)8(9)4-2-6-11/h7-8,11H,1-6H2. The Kier molecular flexibility index (Phi) is 1.89. The molecule has 0 aliphatic heterocycles. The zero-order valence-corrected chi connectivity index (χ0v) is 7.48. The lowest BCUT2D eigenvalue weighted by Gasteiger charge is -2.04. The van der Waals surface area contributed by atoms with Gasteiger partial charge in [0.15, 0.2) is 0 Å². The van der Waals surface area contributed by atoms with Crippen molar-refractivity contribution < 1.29 is 5.11 Å². The van der Waals surface area contributed by atoms with Gasteiger partial charge in [-0.05, 0) is 37.5 Å². The minimum atomic E-state index is 0.190. The van der Waals surface area contributed by atoms with Gasteiger partial charge in [-0.3, -0.25) is 0 Å². The minimum Gasteiger partial charge on any atom is -0.396 e. The fourth-order valence-electron chi connectivity index (χ4n) is 2.72. The second-order valence-corrected chi connectivity index (χ2v) is 4.60. The van der Waals surface area contributed by atoms with E-state index >= 15 is 0 Å². The van der Waals surface area contributed by atoms with E-state index in [0.717, 1.165) is 24.7 Å². The Morgan fingerprint density at radius 1 is 1.55 bits per heavy atom. The number of hydrogen-bond donors (Lipinski definition) is 1. The molecule has 1 N–H and O–H groups in total. The average molecular weight is 175 g/mol. The van der Waals surface area contributed by atoms with Gasteiger partial charge in [0.05, 0.1) is 4.87 Å². The normalized spacial score (nSPS) is 47.5. The van der Waals surface area contributed by atoms with Crippen LogP contribution in [0.1, 0.15) is 32.1 Å². The molecule has 0 spiro atoms. The second kappa shape index (κ2) is 2.63. The number of hydrogen-bond acceptors (Lipinski definition) is 1. The van der Waals surface area contributed by atoms with Crippen LogP contribution < -0.4 is 0 Å². The van der Waals surface area contributed by atoms with E-state index in [2.05, 4.69) is 0 Å². The summed E-state index contributed by atoms with van der Waals surface area (Å²) in [6, 6.07) is 0. The van der Waals surface area contributed by atoms with Crippen LogP contribution >= 0.6 is 11.6 Å². The Hall–Kier alpha value is 0.250. The van der Waals surface area contributed by atoms with E-state index in [0.29, 0.717) is 6.61 Å². The molecule has 3 atom stereocenters. The summed E-state index contributed by atoms with van der Waals surface area (Å²) in [4.78, 5) is 0.190. The first-order chi connectivity index (χ1) is 5.29. The van der Waals surface area contributed by atoms with E-state index in [4.69, 9.17) is 16.7 Å². The van der Waals surface area contributed by atoms with Crippen LogP contribution in [-0.2, 0) is 0 Å². The van der Waals surface area contributed by atoms with E-state index in [9.17, 15) is 0 Å². The summed E-state index contributed by atoms with van der Waals surface area (Å²) < 4.78 is 0. The molecule has 2 aliphatic rings. The zero-order chi connectivity index (χ0) is 7.90. The highest BCUT2D eigenvalue weighted by Gasteiger charge is 2.64. The summed E-state index contributed by atoms with van der Waals surface area (Å²) in [7, 11) is 0. The van der Waals surface area contributed by atoms with Gasteiger partial charge in [0.1, 0.15) is 0 Å². The molecule has 0 radical (unpaired) electrons. The van der Waals surface area contributed by atoms with Gasteiger partial charge < -0.3 is 5.11 Å². The number of aliphatic hydroxyl groups is 1. The summed E-state index contributed by atoms with van der Waals surface area (Å²) in [5.41, 5.74) is 0. The smallest absolute Gasteiger partial charge is 0.0509 e. The van der Waals surface area contributed by atoms with Gasteiger partial charge >= 0.3 is 0 Å². The molecule has 0 amide bonds. The third kappa shape index (κ3) is 1.09. The molecule has 0 saturated heterocycles. The van der Waals surface area contributed by atoms with Crippen molar-refractivity contribution in [2.45, 2.75) is 37.0 Å². The molecule has 0 heterocycles. The van der Waals surface area contributed by atoms with Crippen molar-refractivity contribution in [2.75, 3.05) is 6.61 Å². The van der Waals surface area contributed by atoms with Crippen molar-refractivity contribution in [3.63, 3.8) is 0 Å². The molecule has 11 heavy (non-hydrogen) atoms. The third-order valence-corrected chi connectivity index (χ3v) is 4.11. The summed E-state index contributed by atoms with van der Waals surface area (Å²) >= 11 is 6.36. The van der Waals surface area contributed by atoms with Crippen LogP contribution in [-0.4, -0.2) is 16.6 Å². The molecule has 3 unspecified atom stereocenters. The highest BCUT2D eigenvalue weighted by molar-refractivity contribution is 6.26. The van der Waals surface area contributed by atoms with E-state index in [1.54, 1.807) is 0 Å². The lowest BCUT2D eigenvalue weighted by atomic mass is 10.1. The van der Waals surface area contributed by atoms with Crippen LogP contribution in [0.5, 0.6) is 0 Å². The maximum absolute atomic E-state index is 8.65. The van der Waals surface area contributed by atoms with Crippen molar-refractivity contribution in [3.8, 4) is 0 Å². The molecule has 2 heteroatoms. The first kappa shape index (κ1) is 7.88. The van der Waals surface area contributed by atoms with E-state index < -0.39 is 0 Å². The van der Waals surface area contributed by atoms with Gasteiger partial charge in [0.2, 0.25) is 0 Å². The van der Waals surface area contributed by atoms with Crippen LogP contribution in [0.2, 0.25) is 0 Å². The third-order valence-electron chi connectivity index (χ3n) is 3.36. The lowest BCUT2D eigenvalue weighted by Crippen LogP contribution is -2.00. The molecule has 64 valence electrons. The first-order valence-electron chi connectivity index (χ1n) is 4.59. The lowest BCUT2D eigenvalue weighted by molar-refractivity contribution is 0.278. The first-order valence-corrected chi connectivity index (χ1v) is 4.96. The number of halogens is 1. The quantitative estimate of drug-likeness (QED) is 0.651. The molecule has 0 aromatic rings. The Morgan fingerprint density at radius 2 is 2.36 bits per heavy atom. The number of alkyl halides is 1. The van der Waals surface area contributed by atoms with Crippen molar-refractivity contribution >= 4 is 11.6 Å². The molecule has 1 nitrogen and oxygen atoms in total. The van der Waals surface area contributed by atoms with Gasteiger partial charge in [0.25, 0.3) is 0 Å². The number of aliphatic hydroxyl groups excluding tert-OH is 1. The van der Waals surface area contributed by atoms with E-state index in [1.807, 2.05) is 0 Å². The van der Waals surface area contributed by atoms with Crippen molar-refractivity contribution in [2.24, 2.45) is 11.8 Å². The fourth-order valence-corrected chi connectivity index (χ4v) is 3.32. The monoisotopic (exact) mass is 174 g/mol. The molecule has 0 aromatic heterocycles. The number of rotatable bonds is 3. The summed E-state index contributed by atoms with van der Waals surface area (Å²) in [6.45, 7) is 0.330. The Balaban J connectivity index is 1.83. The molecular weight excluding hydrogens is 160 g/mol. The summed E-state index contributed by atoms with van der Waals surface area (Å²) in [5.74, 6) is 1.54. The second-order valence-electron chi connectivity index (χ2n) is 3.90. The topological polar surface area (TPSA) is 20.2 Å². The molecule has 2 rings (SSSR count). The van der Waals surface area contributed by atoms with Crippen LogP contribution in [0.25, 0.3) is 0 Å². The van der Waals surface area contributed by atoms with Crippen molar-refractivity contribution in [1.29, 1.82) is 0 Å². The highest BCUT2D eigenvalue weighted by Crippen LogP contribution is 2.66. The zero-order valence-electron chi connectivity index (χ0n) is 6.72. The van der Waals surface area contributed by atoms with Gasteiger partial charge in [0, 0.05) is 6.61 Å². The van der Waals surface area contributed by atoms with E-state index in [-0.39, 0.29) is 4.87 Å². The average Bonchev–Trinajstić information content (AvgIpc) is 2.39. The molecule has 0 aromatic carbocycles. The summed E-state index contributed by atoms with van der Waals surface area (Å²) in [6.07, 6.45) is 5.96. The predicted molar refractivity (Wildman–Crippen MR) is 45.7 cm³/mol. The van der Waals surface area contributed by atoms with Crippen molar-refractivity contribution in [3.05, 3.63) is 0 Å². The van der Waals surface area contributed by atoms with Gasteiger partial charge in [-0.25, -0.2) is 0 Å². The summed E-state index contributed by atoms with van der Waals surface area (Å²) in [5, 5.41) is 8.65. The van der Waals surface area contributed by atoms with Crippen LogP contribution in [0.3, 0.4) is 0 Å². The Morgan fingerprint density at radius 3 is 2.91 bits per heavy atom. The van der Waals surface area contributed by atoms with Crippen molar-refractivity contribution in [1.82, 2.24) is 0 Å². The molecule has 0 bridgehead atoms. The highest BCUT2D eigenvalue weighted by atomic mass is 35.5. The van der Waals surface area contributed by atoms with Crippen LogP contribution in [0, 0.1) is 11.8 Å². The molecule has 2 fully saturated rings. The maximum atomic E-state index is 8.65. The molecular formula is C9H15ClO. The van der Waals surface area contributed by atoms with Gasteiger partial charge in [-0.2, -0.15) is 0 Å². The largest absolute Gasteiger partial charge is 0.396 e. The number of fused-ring (bicyclic) bond motifs is 1. The minimum absolute atomic E-state index is 0.190. The van der Waals surface area contributed by atoms with Gasteiger partial charge in [-0.1, -0.05) is 6.42 Å². The van der Waals surface area contributed by atoms with E-state index in [1.165, 1.54) is 19.3 Å². The molecule has 2 aliphatic carbocycles. The maximum Gasteiger partial charge on any atom is 0.0509 e. The van der Waals surface area contributed by atoms with Gasteiger partial charge in [-0.15, -0.1) is 11.6 Å².